The van der Waals surface area contributed by atoms with Gasteiger partial charge in [0, 0.05) is 17.0 Å². The highest BCUT2D eigenvalue weighted by Crippen LogP contribution is 2.35. The van der Waals surface area contributed by atoms with Crippen molar-refractivity contribution < 1.29 is 23.5 Å². The molecule has 0 spiro atoms. The van der Waals surface area contributed by atoms with E-state index in [-0.39, 0.29) is 42.9 Å². The van der Waals surface area contributed by atoms with Crippen molar-refractivity contribution in [1.29, 1.82) is 0 Å². The first kappa shape index (κ1) is 26.5. The van der Waals surface area contributed by atoms with Gasteiger partial charge in [0.05, 0.1) is 37.0 Å². The Hall–Kier alpha value is -4.09. The molecule has 5 rings (SSSR count). The number of carbonyl (C=O) groups excluding carboxylic acids is 3. The number of benzene rings is 2. The summed E-state index contributed by atoms with van der Waals surface area (Å²) in [6.45, 7) is 0.262. The van der Waals surface area contributed by atoms with Gasteiger partial charge in [-0.2, -0.15) is 4.99 Å². The largest absolute Gasteiger partial charge is 0.495 e. The number of amidine groups is 2. The number of rotatable bonds is 9. The lowest BCUT2D eigenvalue weighted by Crippen LogP contribution is -2.44. The van der Waals surface area contributed by atoms with E-state index < -0.39 is 6.04 Å². The Morgan fingerprint density at radius 3 is 2.77 bits per heavy atom. The van der Waals surface area contributed by atoms with Crippen LogP contribution in [0.4, 0.5) is 11.4 Å². The maximum atomic E-state index is 13.0. The predicted molar refractivity (Wildman–Crippen MR) is 150 cm³/mol. The van der Waals surface area contributed by atoms with E-state index in [1.54, 1.807) is 35.2 Å². The summed E-state index contributed by atoms with van der Waals surface area (Å²) in [6.07, 6.45) is 1.87. The van der Waals surface area contributed by atoms with Gasteiger partial charge < -0.3 is 19.8 Å². The van der Waals surface area contributed by atoms with Gasteiger partial charge in [-0.15, -0.1) is 0 Å². The van der Waals surface area contributed by atoms with Crippen LogP contribution >= 0.6 is 23.4 Å². The summed E-state index contributed by atoms with van der Waals surface area (Å²) in [6, 6.07) is 15.1. The Bertz CT molecular complexity index is 1470. The SMILES string of the molecule is COc1ccc(Cl)cc1NC(=O)CSC1=Nc2ccccc2C2=NC(=O)C(CCC(=O)NCc3ccco3)N12. The summed E-state index contributed by atoms with van der Waals surface area (Å²) in [5.41, 5.74) is 1.81. The van der Waals surface area contributed by atoms with Gasteiger partial charge in [-0.05, 0) is 48.9 Å². The fraction of sp³-hybridized carbons (Fsp3) is 0.222. The quantitative estimate of drug-likeness (QED) is 0.394. The van der Waals surface area contributed by atoms with Crippen molar-refractivity contribution >= 4 is 63.5 Å². The fourth-order valence-corrected chi connectivity index (χ4v) is 5.25. The maximum Gasteiger partial charge on any atom is 0.270 e. The molecule has 2 aliphatic rings. The summed E-state index contributed by atoms with van der Waals surface area (Å²) in [5.74, 6) is 0.703. The Morgan fingerprint density at radius 2 is 1.97 bits per heavy atom. The minimum Gasteiger partial charge on any atom is -0.495 e. The monoisotopic (exact) mass is 565 g/mol. The van der Waals surface area contributed by atoms with Gasteiger partial charge in [-0.3, -0.25) is 19.3 Å². The second-order valence-corrected chi connectivity index (χ2v) is 10.0. The molecule has 0 fully saturated rings. The van der Waals surface area contributed by atoms with E-state index in [0.29, 0.717) is 44.5 Å². The first-order chi connectivity index (χ1) is 18.9. The van der Waals surface area contributed by atoms with Crippen molar-refractivity contribution in [3.8, 4) is 5.75 Å². The number of thioether (sulfide) groups is 1. The van der Waals surface area contributed by atoms with Gasteiger partial charge in [-0.1, -0.05) is 35.5 Å². The zero-order valence-electron chi connectivity index (χ0n) is 20.8. The van der Waals surface area contributed by atoms with E-state index in [0.717, 1.165) is 0 Å². The van der Waals surface area contributed by atoms with Crippen LogP contribution in [0.5, 0.6) is 5.75 Å². The molecule has 39 heavy (non-hydrogen) atoms. The van der Waals surface area contributed by atoms with E-state index in [4.69, 9.17) is 25.7 Å². The molecule has 10 nitrogen and oxygen atoms in total. The average Bonchev–Trinajstić information content (AvgIpc) is 3.57. The van der Waals surface area contributed by atoms with Crippen LogP contribution in [0, 0.1) is 0 Å². The molecular formula is C27H24ClN5O5S. The summed E-state index contributed by atoms with van der Waals surface area (Å²) in [5, 5.41) is 6.51. The molecule has 0 radical (unpaired) electrons. The third kappa shape index (κ3) is 5.99. The number of methoxy groups -OCH3 is 1. The van der Waals surface area contributed by atoms with Crippen LogP contribution in [0.3, 0.4) is 0 Å². The zero-order chi connectivity index (χ0) is 27.4. The lowest BCUT2D eigenvalue weighted by molar-refractivity contribution is -0.122. The Kier molecular flexibility index (Phi) is 7.99. The lowest BCUT2D eigenvalue weighted by Gasteiger charge is -2.31. The number of halogens is 1. The van der Waals surface area contributed by atoms with Crippen molar-refractivity contribution in [2.75, 3.05) is 18.2 Å². The highest BCUT2D eigenvalue weighted by Gasteiger charge is 2.41. The lowest BCUT2D eigenvalue weighted by atomic mass is 10.1. The van der Waals surface area contributed by atoms with Crippen molar-refractivity contribution in [3.05, 3.63) is 77.2 Å². The second kappa shape index (κ2) is 11.7. The molecule has 2 aromatic carbocycles. The number of aliphatic imine (C=N–C) groups is 2. The Morgan fingerprint density at radius 1 is 1.13 bits per heavy atom. The van der Waals surface area contributed by atoms with E-state index in [1.165, 1.54) is 25.1 Å². The molecule has 0 aliphatic carbocycles. The molecule has 0 saturated carbocycles. The third-order valence-electron chi connectivity index (χ3n) is 6.06. The average molecular weight is 566 g/mol. The summed E-state index contributed by atoms with van der Waals surface area (Å²) >= 11 is 7.25. The number of hydrogen-bond donors (Lipinski definition) is 2. The Balaban J connectivity index is 1.29. The first-order valence-corrected chi connectivity index (χ1v) is 13.4. The molecule has 2 aliphatic heterocycles. The molecule has 3 amide bonds. The molecule has 1 atom stereocenters. The third-order valence-corrected chi connectivity index (χ3v) is 7.25. The van der Waals surface area contributed by atoms with E-state index in [2.05, 4.69) is 15.6 Å². The summed E-state index contributed by atoms with van der Waals surface area (Å²) in [7, 11) is 1.50. The van der Waals surface area contributed by atoms with Crippen LogP contribution < -0.4 is 15.4 Å². The Labute approximate surface area is 233 Å². The van der Waals surface area contributed by atoms with Gasteiger partial charge in [0.15, 0.2) is 5.17 Å². The fourth-order valence-electron chi connectivity index (χ4n) is 4.23. The number of fused-ring (bicyclic) bond motifs is 3. The normalized spacial score (nSPS) is 15.7. The highest BCUT2D eigenvalue weighted by atomic mass is 35.5. The first-order valence-electron chi connectivity index (χ1n) is 12.1. The van der Waals surface area contributed by atoms with Gasteiger partial charge >= 0.3 is 0 Å². The van der Waals surface area contributed by atoms with Crippen LogP contribution in [0.15, 0.2) is 75.3 Å². The number of anilines is 1. The number of nitrogens with zero attached hydrogens (tertiary/aromatic N) is 3. The minimum absolute atomic E-state index is 0.00495. The predicted octanol–water partition coefficient (Wildman–Crippen LogP) is 4.37. The van der Waals surface area contributed by atoms with E-state index in [9.17, 15) is 14.4 Å². The van der Waals surface area contributed by atoms with Gasteiger partial charge in [-0.25, -0.2) is 4.99 Å². The molecule has 12 heteroatoms. The van der Waals surface area contributed by atoms with Crippen molar-refractivity contribution in [3.63, 3.8) is 0 Å². The van der Waals surface area contributed by atoms with E-state index in [1.807, 2.05) is 24.3 Å². The molecule has 3 aromatic rings. The molecular weight excluding hydrogens is 542 g/mol. The van der Waals surface area contributed by atoms with Crippen molar-refractivity contribution in [1.82, 2.24) is 10.2 Å². The molecule has 1 unspecified atom stereocenters. The number of hydrogen-bond acceptors (Lipinski definition) is 8. The standard InChI is InChI=1S/C27H24ClN5O5S/c1-37-22-10-8-16(28)13-20(22)30-24(35)15-39-27-31-19-7-3-2-6-18(19)25-32-26(36)21(33(25)27)9-11-23(34)29-14-17-5-4-12-38-17/h2-8,10,12-13,21H,9,11,14-15H2,1H3,(H,29,34)(H,30,35). The van der Waals surface area contributed by atoms with Crippen LogP contribution in [0.1, 0.15) is 24.2 Å². The van der Waals surface area contributed by atoms with Crippen LogP contribution in [-0.4, -0.2) is 52.5 Å². The van der Waals surface area contributed by atoms with Crippen LogP contribution in [-0.2, 0) is 20.9 Å². The number of para-hydroxylation sites is 1. The van der Waals surface area contributed by atoms with Gasteiger partial charge in [0.25, 0.3) is 5.91 Å². The van der Waals surface area contributed by atoms with E-state index >= 15 is 0 Å². The zero-order valence-corrected chi connectivity index (χ0v) is 22.4. The number of ether oxygens (including phenoxy) is 1. The smallest absolute Gasteiger partial charge is 0.270 e. The second-order valence-electron chi connectivity index (χ2n) is 8.65. The molecule has 0 saturated heterocycles. The number of amides is 3. The number of nitrogens with one attached hydrogen (secondary N) is 2. The van der Waals surface area contributed by atoms with Gasteiger partial charge in [0.1, 0.15) is 23.4 Å². The summed E-state index contributed by atoms with van der Waals surface area (Å²) in [4.78, 5) is 49.1. The molecule has 1 aromatic heterocycles. The molecule has 3 heterocycles. The molecule has 2 N–H and O–H groups in total. The van der Waals surface area contributed by atoms with Crippen LogP contribution in [0.2, 0.25) is 5.02 Å². The summed E-state index contributed by atoms with van der Waals surface area (Å²) < 4.78 is 10.5. The number of carbonyl (C=O) groups is 3. The number of furan rings is 1. The topological polar surface area (TPSA) is 126 Å². The molecule has 200 valence electrons. The molecule has 0 bridgehead atoms. The van der Waals surface area contributed by atoms with Crippen molar-refractivity contribution in [2.45, 2.75) is 25.4 Å². The minimum atomic E-state index is -0.718. The van der Waals surface area contributed by atoms with Crippen LogP contribution in [0.25, 0.3) is 0 Å². The maximum absolute atomic E-state index is 13.0. The van der Waals surface area contributed by atoms with Gasteiger partial charge in [0.2, 0.25) is 11.8 Å². The van der Waals surface area contributed by atoms with Crippen molar-refractivity contribution in [2.24, 2.45) is 9.98 Å². The highest BCUT2D eigenvalue weighted by molar-refractivity contribution is 8.14.